The average Bonchev–Trinajstić information content (AvgIpc) is 2.82. The van der Waals surface area contributed by atoms with Gasteiger partial charge in [0, 0.05) is 45.2 Å². The zero-order valence-electron chi connectivity index (χ0n) is 18.5. The second kappa shape index (κ2) is 10.4. The van der Waals surface area contributed by atoms with Gasteiger partial charge in [0.25, 0.3) is 5.91 Å². The molecule has 0 aliphatic carbocycles. The molecule has 0 radical (unpaired) electrons. The van der Waals surface area contributed by atoms with Crippen molar-refractivity contribution in [3.05, 3.63) is 23.8 Å². The molecule has 0 spiro atoms. The van der Waals surface area contributed by atoms with Crippen LogP contribution >= 0.6 is 0 Å². The average molecular weight is 434 g/mol. The maximum atomic E-state index is 13.1. The molecule has 0 bridgehead atoms. The largest absolute Gasteiger partial charge is 0.496 e. The Morgan fingerprint density at radius 3 is 1.94 bits per heavy atom. The minimum absolute atomic E-state index is 0.102. The molecule has 0 N–H and O–H groups in total. The molecule has 0 saturated carbocycles. The van der Waals surface area contributed by atoms with E-state index < -0.39 is 0 Å². The fraction of sp³-hybridized carbons (Fsp3) is 0.591. The highest BCUT2D eigenvalue weighted by molar-refractivity contribution is 6.00. The van der Waals surface area contributed by atoms with Crippen LogP contribution in [-0.2, 0) is 9.53 Å². The molecule has 2 saturated heterocycles. The monoisotopic (exact) mass is 433 g/mol. The summed E-state index contributed by atoms with van der Waals surface area (Å²) in [5.41, 5.74) is 0.410. The maximum Gasteiger partial charge on any atom is 0.409 e. The van der Waals surface area contributed by atoms with Crippen LogP contribution in [0.4, 0.5) is 4.79 Å². The van der Waals surface area contributed by atoms with Crippen LogP contribution in [0.2, 0.25) is 0 Å². The van der Waals surface area contributed by atoms with Crippen LogP contribution in [0.5, 0.6) is 11.5 Å². The molecule has 2 heterocycles. The number of piperidine rings is 1. The summed E-state index contributed by atoms with van der Waals surface area (Å²) in [7, 11) is 3.05. The minimum atomic E-state index is -0.326. The summed E-state index contributed by atoms with van der Waals surface area (Å²) in [5.74, 6) is 0.788. The molecule has 3 amide bonds. The van der Waals surface area contributed by atoms with Gasteiger partial charge in [-0.15, -0.1) is 0 Å². The normalized spacial score (nSPS) is 17.3. The lowest BCUT2D eigenvalue weighted by Gasteiger charge is -2.38. The Kier molecular flexibility index (Phi) is 7.59. The zero-order valence-corrected chi connectivity index (χ0v) is 18.5. The molecule has 9 nitrogen and oxygen atoms in total. The third-order valence-corrected chi connectivity index (χ3v) is 5.89. The first-order valence-electron chi connectivity index (χ1n) is 10.7. The number of methoxy groups -OCH3 is 2. The van der Waals surface area contributed by atoms with Gasteiger partial charge in [-0.2, -0.15) is 0 Å². The van der Waals surface area contributed by atoms with Gasteiger partial charge in [-0.1, -0.05) is 6.07 Å². The van der Waals surface area contributed by atoms with Crippen LogP contribution in [0.3, 0.4) is 0 Å². The molecular weight excluding hydrogens is 402 g/mol. The Hall–Kier alpha value is -2.97. The first-order chi connectivity index (χ1) is 15.0. The summed E-state index contributed by atoms with van der Waals surface area (Å²) in [6.07, 6.45) is 0.897. The van der Waals surface area contributed by atoms with Crippen LogP contribution in [0, 0.1) is 5.92 Å². The van der Waals surface area contributed by atoms with Crippen molar-refractivity contribution >= 4 is 17.9 Å². The van der Waals surface area contributed by atoms with Crippen LogP contribution in [0.25, 0.3) is 0 Å². The highest BCUT2D eigenvalue weighted by Gasteiger charge is 2.34. The van der Waals surface area contributed by atoms with Crippen molar-refractivity contribution < 1.29 is 28.6 Å². The van der Waals surface area contributed by atoms with Crippen molar-refractivity contribution in [2.24, 2.45) is 5.92 Å². The van der Waals surface area contributed by atoms with E-state index in [0.717, 1.165) is 0 Å². The van der Waals surface area contributed by atoms with Crippen molar-refractivity contribution in [1.29, 1.82) is 0 Å². The molecule has 170 valence electrons. The fourth-order valence-corrected chi connectivity index (χ4v) is 4.13. The predicted molar refractivity (Wildman–Crippen MR) is 113 cm³/mol. The van der Waals surface area contributed by atoms with Crippen LogP contribution in [0.1, 0.15) is 30.1 Å². The number of carbonyl (C=O) groups excluding carboxylic acids is 3. The first kappa shape index (κ1) is 22.7. The number of hydrogen-bond acceptors (Lipinski definition) is 6. The van der Waals surface area contributed by atoms with Crippen molar-refractivity contribution in [3.8, 4) is 11.5 Å². The van der Waals surface area contributed by atoms with E-state index in [1.165, 1.54) is 14.2 Å². The molecule has 2 aliphatic rings. The summed E-state index contributed by atoms with van der Waals surface area (Å²) in [4.78, 5) is 43.1. The van der Waals surface area contributed by atoms with Crippen molar-refractivity contribution in [2.45, 2.75) is 19.8 Å². The lowest BCUT2D eigenvalue weighted by Crippen LogP contribution is -2.53. The maximum absolute atomic E-state index is 13.1. The highest BCUT2D eigenvalue weighted by atomic mass is 16.6. The van der Waals surface area contributed by atoms with Gasteiger partial charge in [0.15, 0.2) is 0 Å². The third-order valence-electron chi connectivity index (χ3n) is 5.89. The lowest BCUT2D eigenvalue weighted by molar-refractivity contribution is -0.138. The number of piperazine rings is 1. The second-order valence-electron chi connectivity index (χ2n) is 7.62. The number of ether oxygens (including phenoxy) is 3. The highest BCUT2D eigenvalue weighted by Crippen LogP contribution is 2.31. The Morgan fingerprint density at radius 1 is 0.871 bits per heavy atom. The summed E-state index contributed by atoms with van der Waals surface area (Å²) in [5, 5.41) is 0. The number of hydrogen-bond donors (Lipinski definition) is 0. The molecule has 2 aliphatic heterocycles. The number of nitrogens with zero attached hydrogens (tertiary/aromatic N) is 3. The van der Waals surface area contributed by atoms with Gasteiger partial charge in [-0.3, -0.25) is 9.59 Å². The minimum Gasteiger partial charge on any atom is -0.496 e. The lowest BCUT2D eigenvalue weighted by atomic mass is 9.94. The molecule has 1 aromatic rings. The number of carbonyl (C=O) groups is 3. The van der Waals surface area contributed by atoms with Gasteiger partial charge in [0.1, 0.15) is 17.1 Å². The SMILES string of the molecule is CCOC(=O)N1CCN(C(=O)C2CCN(C(=O)c3c(OC)cccc3OC)CC2)CC1. The van der Waals surface area contributed by atoms with Crippen molar-refractivity contribution in [2.75, 3.05) is 60.1 Å². The third kappa shape index (κ3) is 5.03. The Bertz CT molecular complexity index is 776. The number of likely N-dealkylation sites (tertiary alicyclic amines) is 1. The van der Waals surface area contributed by atoms with E-state index in [1.54, 1.807) is 34.9 Å². The van der Waals surface area contributed by atoms with E-state index in [-0.39, 0.29) is 23.8 Å². The Morgan fingerprint density at radius 2 is 1.42 bits per heavy atom. The summed E-state index contributed by atoms with van der Waals surface area (Å²) in [6.45, 7) is 5.10. The van der Waals surface area contributed by atoms with Crippen molar-refractivity contribution in [3.63, 3.8) is 0 Å². The van der Waals surface area contributed by atoms with E-state index in [4.69, 9.17) is 14.2 Å². The van der Waals surface area contributed by atoms with E-state index in [9.17, 15) is 14.4 Å². The van der Waals surface area contributed by atoms with E-state index in [1.807, 2.05) is 4.90 Å². The van der Waals surface area contributed by atoms with Crippen LogP contribution in [0.15, 0.2) is 18.2 Å². The van der Waals surface area contributed by atoms with Crippen molar-refractivity contribution in [1.82, 2.24) is 14.7 Å². The van der Waals surface area contributed by atoms with Gasteiger partial charge in [-0.25, -0.2) is 4.79 Å². The number of amides is 3. The van der Waals surface area contributed by atoms with E-state index >= 15 is 0 Å². The Labute approximate surface area is 182 Å². The summed E-state index contributed by atoms with van der Waals surface area (Å²) >= 11 is 0. The molecule has 9 heteroatoms. The smallest absolute Gasteiger partial charge is 0.409 e. The molecule has 0 aromatic heterocycles. The fourth-order valence-electron chi connectivity index (χ4n) is 4.13. The molecule has 0 unspecified atom stereocenters. The van der Waals surface area contributed by atoms with E-state index in [0.29, 0.717) is 75.8 Å². The number of rotatable bonds is 5. The summed E-state index contributed by atoms with van der Waals surface area (Å²) in [6, 6.07) is 5.25. The molecular formula is C22H31N3O6. The van der Waals surface area contributed by atoms with Gasteiger partial charge < -0.3 is 28.9 Å². The molecule has 31 heavy (non-hydrogen) atoms. The first-order valence-corrected chi connectivity index (χ1v) is 10.7. The molecule has 2 fully saturated rings. The summed E-state index contributed by atoms with van der Waals surface area (Å²) < 4.78 is 15.7. The molecule has 1 aromatic carbocycles. The van der Waals surface area contributed by atoms with Crippen LogP contribution in [-0.4, -0.2) is 92.7 Å². The standard InChI is InChI=1S/C22H31N3O6/c1-4-31-22(28)25-14-12-24(13-15-25)20(26)16-8-10-23(11-9-16)21(27)19-17(29-2)6-5-7-18(19)30-3/h5-7,16H,4,8-15H2,1-3H3. The molecule has 0 atom stereocenters. The predicted octanol–water partition coefficient (Wildman–Crippen LogP) is 1.86. The molecule has 3 rings (SSSR count). The number of benzene rings is 1. The van der Waals surface area contributed by atoms with Gasteiger partial charge in [0.2, 0.25) is 5.91 Å². The van der Waals surface area contributed by atoms with E-state index in [2.05, 4.69) is 0 Å². The second-order valence-corrected chi connectivity index (χ2v) is 7.62. The van der Waals surface area contributed by atoms with Gasteiger partial charge >= 0.3 is 6.09 Å². The zero-order chi connectivity index (χ0) is 22.4. The topological polar surface area (TPSA) is 88.6 Å². The quantitative estimate of drug-likeness (QED) is 0.704. The van der Waals surface area contributed by atoms with Crippen LogP contribution < -0.4 is 9.47 Å². The van der Waals surface area contributed by atoms with Gasteiger partial charge in [-0.05, 0) is 31.9 Å². The Balaban J connectivity index is 1.55. The van der Waals surface area contributed by atoms with Gasteiger partial charge in [0.05, 0.1) is 20.8 Å².